The molecule has 0 unspecified atom stereocenters. The zero-order valence-corrected chi connectivity index (χ0v) is 9.38. The predicted molar refractivity (Wildman–Crippen MR) is 63.8 cm³/mol. The molecule has 0 spiro atoms. The number of nitrogens with zero attached hydrogens (tertiary/aromatic N) is 2. The second-order valence-corrected chi connectivity index (χ2v) is 3.79. The molecule has 0 fully saturated rings. The molecule has 2 heterocycles. The number of carbonyl (C=O) groups excluding carboxylic acids is 1. The number of amides is 1. The molecule has 1 amide bonds. The Morgan fingerprint density at radius 1 is 1.28 bits per heavy atom. The summed E-state index contributed by atoms with van der Waals surface area (Å²) in [5.41, 5.74) is 1.95. The molecule has 90 valence electrons. The summed E-state index contributed by atoms with van der Waals surface area (Å²) >= 11 is 0. The van der Waals surface area contributed by atoms with Crippen molar-refractivity contribution in [1.82, 2.24) is 20.7 Å². The Kier molecular flexibility index (Phi) is 2.53. The summed E-state index contributed by atoms with van der Waals surface area (Å²) in [7, 11) is 0. The van der Waals surface area contributed by atoms with Gasteiger partial charge in [-0.2, -0.15) is 15.4 Å². The fourth-order valence-corrected chi connectivity index (χ4v) is 1.66. The highest BCUT2D eigenvalue weighted by atomic mass is 16.3. The number of furan rings is 1. The van der Waals surface area contributed by atoms with E-state index in [-0.39, 0.29) is 5.91 Å². The summed E-state index contributed by atoms with van der Waals surface area (Å²) < 4.78 is 5.14. The van der Waals surface area contributed by atoms with Gasteiger partial charge in [0.2, 0.25) is 0 Å². The van der Waals surface area contributed by atoms with Gasteiger partial charge >= 0.3 is 0 Å². The number of carbonyl (C=O) groups is 1. The fourth-order valence-electron chi connectivity index (χ4n) is 1.66. The van der Waals surface area contributed by atoms with Crippen molar-refractivity contribution in [2.75, 3.05) is 0 Å². The molecule has 0 atom stereocenters. The number of aromatic amines is 1. The Bertz CT molecular complexity index is 672. The molecule has 1 aromatic carbocycles. The summed E-state index contributed by atoms with van der Waals surface area (Å²) in [6.07, 6.45) is 1.57. The van der Waals surface area contributed by atoms with E-state index in [2.05, 4.69) is 20.7 Å². The van der Waals surface area contributed by atoms with Gasteiger partial charge in [0.25, 0.3) is 5.91 Å². The minimum Gasteiger partial charge on any atom is -0.467 e. The second kappa shape index (κ2) is 4.33. The highest BCUT2D eigenvalue weighted by Gasteiger charge is 2.08. The second-order valence-electron chi connectivity index (χ2n) is 3.79. The van der Waals surface area contributed by atoms with Crippen molar-refractivity contribution in [1.29, 1.82) is 0 Å². The third-order valence-corrected chi connectivity index (χ3v) is 2.58. The van der Waals surface area contributed by atoms with Crippen LogP contribution in [-0.4, -0.2) is 21.3 Å². The molecule has 3 rings (SSSR count). The minimum atomic E-state index is -0.170. The van der Waals surface area contributed by atoms with Gasteiger partial charge in [-0.3, -0.25) is 4.79 Å². The van der Waals surface area contributed by atoms with Crippen LogP contribution in [0.5, 0.6) is 0 Å². The molecule has 0 radical (unpaired) electrons. The fraction of sp³-hybridized carbons (Fsp3) is 0.0833. The molecule has 0 saturated carbocycles. The first-order chi connectivity index (χ1) is 8.83. The number of benzene rings is 1. The Labute approximate surface area is 102 Å². The summed E-state index contributed by atoms with van der Waals surface area (Å²) in [4.78, 5) is 11.9. The number of hydrogen-bond donors (Lipinski definition) is 2. The lowest BCUT2D eigenvalue weighted by molar-refractivity contribution is 0.0948. The molecule has 6 nitrogen and oxygen atoms in total. The Morgan fingerprint density at radius 3 is 3.00 bits per heavy atom. The van der Waals surface area contributed by atoms with Crippen LogP contribution in [0.3, 0.4) is 0 Å². The maximum Gasteiger partial charge on any atom is 0.251 e. The first-order valence-corrected chi connectivity index (χ1v) is 5.44. The van der Waals surface area contributed by atoms with Crippen molar-refractivity contribution in [2.45, 2.75) is 6.54 Å². The average molecular weight is 242 g/mol. The number of H-pyrrole nitrogens is 1. The van der Waals surface area contributed by atoms with E-state index in [0.29, 0.717) is 23.4 Å². The van der Waals surface area contributed by atoms with Crippen molar-refractivity contribution in [3.63, 3.8) is 0 Å². The van der Waals surface area contributed by atoms with Gasteiger partial charge < -0.3 is 9.73 Å². The quantitative estimate of drug-likeness (QED) is 0.728. The third kappa shape index (κ3) is 1.95. The van der Waals surface area contributed by atoms with E-state index in [1.165, 1.54) is 0 Å². The van der Waals surface area contributed by atoms with E-state index in [1.807, 2.05) is 0 Å². The number of hydrogen-bond acceptors (Lipinski definition) is 4. The van der Waals surface area contributed by atoms with E-state index >= 15 is 0 Å². The smallest absolute Gasteiger partial charge is 0.251 e. The lowest BCUT2D eigenvalue weighted by atomic mass is 10.2. The standard InChI is InChI=1S/C12H10N4O2/c17-12(13-7-9-2-1-5-18-9)8-3-4-10-11(6-8)15-16-14-10/h1-6H,7H2,(H,13,17)(H,14,15,16). The summed E-state index contributed by atoms with van der Waals surface area (Å²) in [6.45, 7) is 0.364. The normalized spacial score (nSPS) is 10.7. The lowest BCUT2D eigenvalue weighted by Gasteiger charge is -2.02. The summed E-state index contributed by atoms with van der Waals surface area (Å²) in [6, 6.07) is 8.74. The number of nitrogens with one attached hydrogen (secondary N) is 2. The van der Waals surface area contributed by atoms with Crippen LogP contribution in [0, 0.1) is 0 Å². The third-order valence-electron chi connectivity index (χ3n) is 2.58. The topological polar surface area (TPSA) is 83.8 Å². The molecule has 0 aliphatic rings. The van der Waals surface area contributed by atoms with Gasteiger partial charge in [-0.1, -0.05) is 0 Å². The van der Waals surface area contributed by atoms with Crippen molar-refractivity contribution in [2.24, 2.45) is 0 Å². The monoisotopic (exact) mass is 242 g/mol. The van der Waals surface area contributed by atoms with Crippen LogP contribution >= 0.6 is 0 Å². The highest BCUT2D eigenvalue weighted by Crippen LogP contribution is 2.10. The van der Waals surface area contributed by atoms with Gasteiger partial charge in [0.05, 0.1) is 12.8 Å². The van der Waals surface area contributed by atoms with Gasteiger partial charge in [-0.05, 0) is 30.3 Å². The molecule has 6 heteroatoms. The molecule has 0 bridgehead atoms. The van der Waals surface area contributed by atoms with Crippen LogP contribution in [0.1, 0.15) is 16.1 Å². The van der Waals surface area contributed by atoms with Crippen molar-refractivity contribution in [3.05, 3.63) is 47.9 Å². The van der Waals surface area contributed by atoms with Gasteiger partial charge in [-0.25, -0.2) is 0 Å². The summed E-state index contributed by atoms with van der Waals surface area (Å²) in [5, 5.41) is 13.1. The zero-order valence-electron chi connectivity index (χ0n) is 9.38. The van der Waals surface area contributed by atoms with Gasteiger partial charge in [0.15, 0.2) is 0 Å². The van der Waals surface area contributed by atoms with E-state index < -0.39 is 0 Å². The van der Waals surface area contributed by atoms with Crippen LogP contribution < -0.4 is 5.32 Å². The average Bonchev–Trinajstić information content (AvgIpc) is 3.05. The Hall–Kier alpha value is -2.63. The highest BCUT2D eigenvalue weighted by molar-refractivity contribution is 5.97. The van der Waals surface area contributed by atoms with E-state index in [0.717, 1.165) is 5.52 Å². The number of fused-ring (bicyclic) bond motifs is 1. The molecule has 0 aliphatic heterocycles. The molecule has 18 heavy (non-hydrogen) atoms. The van der Waals surface area contributed by atoms with Gasteiger partial charge in [0.1, 0.15) is 16.8 Å². The van der Waals surface area contributed by atoms with Crippen LogP contribution in [0.15, 0.2) is 41.0 Å². The Morgan fingerprint density at radius 2 is 2.17 bits per heavy atom. The van der Waals surface area contributed by atoms with E-state index in [9.17, 15) is 4.79 Å². The van der Waals surface area contributed by atoms with Gasteiger partial charge in [0, 0.05) is 5.56 Å². The SMILES string of the molecule is O=C(NCc1ccco1)c1ccc2n[nH]nc2c1. The van der Waals surface area contributed by atoms with E-state index in [4.69, 9.17) is 4.42 Å². The van der Waals surface area contributed by atoms with Crippen LogP contribution in [0.4, 0.5) is 0 Å². The summed E-state index contributed by atoms with van der Waals surface area (Å²) in [5.74, 6) is 0.544. The molecule has 0 aliphatic carbocycles. The van der Waals surface area contributed by atoms with Crippen molar-refractivity contribution >= 4 is 16.9 Å². The van der Waals surface area contributed by atoms with Gasteiger partial charge in [-0.15, -0.1) is 0 Å². The minimum absolute atomic E-state index is 0.170. The molecule has 2 N–H and O–H groups in total. The zero-order chi connectivity index (χ0) is 12.4. The van der Waals surface area contributed by atoms with Crippen molar-refractivity contribution < 1.29 is 9.21 Å². The first-order valence-electron chi connectivity index (χ1n) is 5.44. The van der Waals surface area contributed by atoms with E-state index in [1.54, 1.807) is 36.6 Å². The first kappa shape index (κ1) is 10.5. The number of aromatic nitrogens is 3. The molecule has 0 saturated heterocycles. The number of rotatable bonds is 3. The maximum atomic E-state index is 11.9. The van der Waals surface area contributed by atoms with Crippen LogP contribution in [0.25, 0.3) is 11.0 Å². The molecular formula is C12H10N4O2. The Balaban J connectivity index is 1.75. The predicted octanol–water partition coefficient (Wildman–Crippen LogP) is 1.48. The lowest BCUT2D eigenvalue weighted by Crippen LogP contribution is -2.22. The van der Waals surface area contributed by atoms with Crippen molar-refractivity contribution in [3.8, 4) is 0 Å². The maximum absolute atomic E-state index is 11.9. The largest absolute Gasteiger partial charge is 0.467 e. The molecule has 3 aromatic rings. The van der Waals surface area contributed by atoms with Crippen LogP contribution in [-0.2, 0) is 6.54 Å². The molecule has 2 aromatic heterocycles. The molecular weight excluding hydrogens is 232 g/mol. The van der Waals surface area contributed by atoms with Crippen LogP contribution in [0.2, 0.25) is 0 Å².